The van der Waals surface area contributed by atoms with Gasteiger partial charge in [0.1, 0.15) is 5.69 Å². The average Bonchev–Trinajstić information content (AvgIpc) is 2.30. The quantitative estimate of drug-likeness (QED) is 0.688. The average molecular weight is 216 g/mol. The molecular weight excluding hydrogens is 200 g/mol. The largest absolute Gasteiger partial charge is 0.293 e. The third kappa shape index (κ3) is 2.63. The highest BCUT2D eigenvalue weighted by Gasteiger charge is 2.03. The summed E-state index contributed by atoms with van der Waals surface area (Å²) in [6, 6.07) is 5.79. The lowest BCUT2D eigenvalue weighted by Gasteiger charge is -1.99. The van der Waals surface area contributed by atoms with Crippen LogP contribution >= 0.6 is 0 Å². The van der Waals surface area contributed by atoms with Gasteiger partial charge in [0.25, 0.3) is 0 Å². The van der Waals surface area contributed by atoms with Crippen LogP contribution in [0.15, 0.2) is 24.4 Å². The Kier molecular flexibility index (Phi) is 4.11. The molecule has 0 unspecified atom stereocenters. The molecule has 1 aromatic carbocycles. The number of Topliss-reactive ketones (excluding diaryl/α,β-unsaturated/α-hetero) is 1. The van der Waals surface area contributed by atoms with E-state index in [9.17, 15) is 4.79 Å². The molecule has 0 radical (unpaired) electrons. The lowest BCUT2D eigenvalue weighted by atomic mass is 10.2. The van der Waals surface area contributed by atoms with E-state index in [1.807, 2.05) is 39.0 Å². The van der Waals surface area contributed by atoms with Crippen LogP contribution in [0.5, 0.6) is 0 Å². The number of hydrogen-bond acceptors (Lipinski definition) is 3. The summed E-state index contributed by atoms with van der Waals surface area (Å²) in [7, 11) is 0. The van der Waals surface area contributed by atoms with Gasteiger partial charge in [0, 0.05) is 6.92 Å². The Bertz CT molecular complexity index is 506. The number of benzene rings is 1. The Hall–Kier alpha value is -1.77. The maximum atomic E-state index is 11.1. The van der Waals surface area contributed by atoms with Gasteiger partial charge in [-0.2, -0.15) is 0 Å². The van der Waals surface area contributed by atoms with Crippen molar-refractivity contribution >= 4 is 16.8 Å². The van der Waals surface area contributed by atoms with Gasteiger partial charge < -0.3 is 0 Å². The second-order valence-corrected chi connectivity index (χ2v) is 3.30. The minimum absolute atomic E-state index is 0.0556. The minimum Gasteiger partial charge on any atom is -0.293 e. The predicted molar refractivity (Wildman–Crippen MR) is 65.6 cm³/mol. The van der Waals surface area contributed by atoms with E-state index in [1.165, 1.54) is 13.1 Å². The third-order valence-corrected chi connectivity index (χ3v) is 2.06. The number of carbonyl (C=O) groups excluding carboxylic acids is 1. The Labute approximate surface area is 95.5 Å². The lowest BCUT2D eigenvalue weighted by molar-refractivity contribution is 0.101. The zero-order valence-corrected chi connectivity index (χ0v) is 10.1. The van der Waals surface area contributed by atoms with Crippen LogP contribution in [-0.4, -0.2) is 15.8 Å². The van der Waals surface area contributed by atoms with Crippen molar-refractivity contribution in [2.45, 2.75) is 27.7 Å². The molecule has 0 N–H and O–H groups in total. The van der Waals surface area contributed by atoms with Crippen LogP contribution in [0.25, 0.3) is 11.0 Å². The van der Waals surface area contributed by atoms with Crippen molar-refractivity contribution in [1.29, 1.82) is 0 Å². The molecule has 0 aliphatic heterocycles. The normalized spacial score (nSPS) is 9.50. The lowest BCUT2D eigenvalue weighted by Crippen LogP contribution is -1.98. The molecular formula is C13H16N2O. The van der Waals surface area contributed by atoms with Gasteiger partial charge >= 0.3 is 0 Å². The van der Waals surface area contributed by atoms with Crippen molar-refractivity contribution in [1.82, 2.24) is 9.97 Å². The molecule has 0 atom stereocenters. The van der Waals surface area contributed by atoms with Gasteiger partial charge in [0.2, 0.25) is 0 Å². The molecule has 0 saturated heterocycles. The van der Waals surface area contributed by atoms with E-state index in [0.717, 1.165) is 16.6 Å². The van der Waals surface area contributed by atoms with E-state index in [-0.39, 0.29) is 5.78 Å². The summed E-state index contributed by atoms with van der Waals surface area (Å²) in [5.41, 5.74) is 3.15. The monoisotopic (exact) mass is 216 g/mol. The molecule has 0 amide bonds. The van der Waals surface area contributed by atoms with Crippen LogP contribution in [0.4, 0.5) is 0 Å². The standard InChI is InChI=1S/C11H10N2O.C2H6/c1-7-3-4-9-10(5-7)12-6-11(13-9)8(2)14;1-2/h3-6H,1-2H3;1-2H3. The highest BCUT2D eigenvalue weighted by atomic mass is 16.1. The van der Waals surface area contributed by atoms with Gasteiger partial charge in [-0.15, -0.1) is 0 Å². The molecule has 0 aliphatic rings. The molecule has 0 bridgehead atoms. The third-order valence-electron chi connectivity index (χ3n) is 2.06. The number of aromatic nitrogens is 2. The zero-order chi connectivity index (χ0) is 12.1. The van der Waals surface area contributed by atoms with Crippen molar-refractivity contribution < 1.29 is 4.79 Å². The summed E-state index contributed by atoms with van der Waals surface area (Å²) in [4.78, 5) is 19.4. The van der Waals surface area contributed by atoms with Crippen LogP contribution < -0.4 is 0 Å². The first-order valence-electron chi connectivity index (χ1n) is 5.41. The van der Waals surface area contributed by atoms with Gasteiger partial charge in [-0.1, -0.05) is 19.9 Å². The number of hydrogen-bond donors (Lipinski definition) is 0. The molecule has 0 saturated carbocycles. The number of fused-ring (bicyclic) bond motifs is 1. The van der Waals surface area contributed by atoms with Crippen molar-refractivity contribution in [3.63, 3.8) is 0 Å². The maximum absolute atomic E-state index is 11.1. The first-order chi connectivity index (χ1) is 7.66. The second-order valence-electron chi connectivity index (χ2n) is 3.30. The van der Waals surface area contributed by atoms with Gasteiger partial charge in [-0.05, 0) is 24.6 Å². The van der Waals surface area contributed by atoms with Crippen LogP contribution in [0.1, 0.15) is 36.8 Å². The van der Waals surface area contributed by atoms with E-state index >= 15 is 0 Å². The number of rotatable bonds is 1. The maximum Gasteiger partial charge on any atom is 0.179 e. The molecule has 0 fully saturated rings. The Morgan fingerprint density at radius 1 is 1.19 bits per heavy atom. The van der Waals surface area contributed by atoms with Gasteiger partial charge in [-0.25, -0.2) is 4.98 Å². The van der Waals surface area contributed by atoms with Gasteiger partial charge in [0.05, 0.1) is 17.2 Å². The SMILES string of the molecule is CC.CC(=O)c1cnc2cc(C)ccc2n1. The molecule has 0 aliphatic carbocycles. The molecule has 84 valence electrons. The zero-order valence-electron chi connectivity index (χ0n) is 10.1. The molecule has 16 heavy (non-hydrogen) atoms. The molecule has 1 heterocycles. The minimum atomic E-state index is -0.0556. The fourth-order valence-electron chi connectivity index (χ4n) is 1.29. The van der Waals surface area contributed by atoms with E-state index in [4.69, 9.17) is 0 Å². The summed E-state index contributed by atoms with van der Waals surface area (Å²) < 4.78 is 0. The van der Waals surface area contributed by atoms with E-state index in [1.54, 1.807) is 0 Å². The highest BCUT2D eigenvalue weighted by molar-refractivity contribution is 5.93. The summed E-state index contributed by atoms with van der Waals surface area (Å²) in [5, 5.41) is 0. The molecule has 0 spiro atoms. The van der Waals surface area contributed by atoms with Crippen LogP contribution in [0.3, 0.4) is 0 Å². The molecule has 1 aromatic heterocycles. The number of carbonyl (C=O) groups is 1. The summed E-state index contributed by atoms with van der Waals surface area (Å²) in [5.74, 6) is -0.0556. The summed E-state index contributed by atoms with van der Waals surface area (Å²) in [6.07, 6.45) is 1.52. The first kappa shape index (κ1) is 12.3. The van der Waals surface area contributed by atoms with Crippen molar-refractivity contribution in [3.8, 4) is 0 Å². The first-order valence-corrected chi connectivity index (χ1v) is 5.41. The van der Waals surface area contributed by atoms with E-state index in [2.05, 4.69) is 9.97 Å². The Morgan fingerprint density at radius 2 is 1.88 bits per heavy atom. The van der Waals surface area contributed by atoms with Crippen molar-refractivity contribution in [3.05, 3.63) is 35.7 Å². The smallest absolute Gasteiger partial charge is 0.179 e. The summed E-state index contributed by atoms with van der Waals surface area (Å²) in [6.45, 7) is 7.49. The van der Waals surface area contributed by atoms with Gasteiger partial charge in [-0.3, -0.25) is 9.78 Å². The topological polar surface area (TPSA) is 42.9 Å². The summed E-state index contributed by atoms with van der Waals surface area (Å²) >= 11 is 0. The fourth-order valence-corrected chi connectivity index (χ4v) is 1.29. The number of aryl methyl sites for hydroxylation is 1. The Balaban J connectivity index is 0.000000606. The Morgan fingerprint density at radius 3 is 2.50 bits per heavy atom. The number of ketones is 1. The fraction of sp³-hybridized carbons (Fsp3) is 0.308. The highest BCUT2D eigenvalue weighted by Crippen LogP contribution is 2.11. The molecule has 3 nitrogen and oxygen atoms in total. The predicted octanol–water partition coefficient (Wildman–Crippen LogP) is 3.17. The van der Waals surface area contributed by atoms with Crippen LogP contribution in [0.2, 0.25) is 0 Å². The molecule has 3 heteroatoms. The molecule has 2 rings (SSSR count). The second kappa shape index (κ2) is 5.35. The van der Waals surface area contributed by atoms with Crippen molar-refractivity contribution in [2.75, 3.05) is 0 Å². The van der Waals surface area contributed by atoms with Crippen LogP contribution in [0, 0.1) is 6.92 Å². The molecule has 2 aromatic rings. The van der Waals surface area contributed by atoms with Crippen molar-refractivity contribution in [2.24, 2.45) is 0 Å². The van der Waals surface area contributed by atoms with Gasteiger partial charge in [0.15, 0.2) is 5.78 Å². The van der Waals surface area contributed by atoms with Crippen LogP contribution in [-0.2, 0) is 0 Å². The van der Waals surface area contributed by atoms with E-state index < -0.39 is 0 Å². The number of nitrogens with zero attached hydrogens (tertiary/aromatic N) is 2. The van der Waals surface area contributed by atoms with E-state index in [0.29, 0.717) is 5.69 Å².